The molecule has 0 aromatic carbocycles. The number of hydrogen-bond donors (Lipinski definition) is 1. The Kier molecular flexibility index (Phi) is 4.16. The summed E-state index contributed by atoms with van der Waals surface area (Å²) in [5.41, 5.74) is -0.324. The molecule has 1 unspecified atom stereocenters. The van der Waals surface area contributed by atoms with Crippen molar-refractivity contribution in [3.8, 4) is 0 Å². The standard InChI is InChI=1S/C15H25NO3/c1-15(2)8-5-9-16(13(15)14(18)19)12(17)10-11-6-3-4-7-11/h11,13H,3-10H2,1-2H3,(H,18,19). The highest BCUT2D eigenvalue weighted by atomic mass is 16.4. The van der Waals surface area contributed by atoms with Crippen LogP contribution in [0.5, 0.6) is 0 Å². The van der Waals surface area contributed by atoms with Crippen LogP contribution in [-0.2, 0) is 9.59 Å². The van der Waals surface area contributed by atoms with E-state index in [1.807, 2.05) is 13.8 Å². The fraction of sp³-hybridized carbons (Fsp3) is 0.867. The normalized spacial score (nSPS) is 27.5. The number of nitrogens with zero attached hydrogens (tertiary/aromatic N) is 1. The largest absolute Gasteiger partial charge is 0.480 e. The van der Waals surface area contributed by atoms with Crippen LogP contribution < -0.4 is 0 Å². The molecule has 1 heterocycles. The molecule has 0 aromatic heterocycles. The Labute approximate surface area is 115 Å². The van der Waals surface area contributed by atoms with Gasteiger partial charge in [0.1, 0.15) is 6.04 Å². The first kappa shape index (κ1) is 14.4. The zero-order valence-electron chi connectivity index (χ0n) is 12.0. The van der Waals surface area contributed by atoms with Gasteiger partial charge in [0.2, 0.25) is 5.91 Å². The van der Waals surface area contributed by atoms with Gasteiger partial charge in [-0.3, -0.25) is 4.79 Å². The van der Waals surface area contributed by atoms with E-state index in [9.17, 15) is 14.7 Å². The number of carboxylic acids is 1. The van der Waals surface area contributed by atoms with Crippen LogP contribution in [0.1, 0.15) is 58.8 Å². The van der Waals surface area contributed by atoms with Crippen molar-refractivity contribution in [1.29, 1.82) is 0 Å². The van der Waals surface area contributed by atoms with Gasteiger partial charge in [0.15, 0.2) is 0 Å². The number of carbonyl (C=O) groups is 2. The number of amides is 1. The zero-order chi connectivity index (χ0) is 14.0. The molecule has 4 nitrogen and oxygen atoms in total. The van der Waals surface area contributed by atoms with E-state index in [4.69, 9.17) is 0 Å². The topological polar surface area (TPSA) is 57.6 Å². The van der Waals surface area contributed by atoms with Crippen molar-refractivity contribution < 1.29 is 14.7 Å². The molecule has 1 saturated heterocycles. The van der Waals surface area contributed by atoms with Crippen LogP contribution in [0.25, 0.3) is 0 Å². The molecular weight excluding hydrogens is 242 g/mol. The highest BCUT2D eigenvalue weighted by molar-refractivity contribution is 5.84. The van der Waals surface area contributed by atoms with Crippen molar-refractivity contribution in [1.82, 2.24) is 4.90 Å². The fourth-order valence-electron chi connectivity index (χ4n) is 3.71. The average Bonchev–Trinajstić information content (AvgIpc) is 2.79. The first-order chi connectivity index (χ1) is 8.92. The van der Waals surface area contributed by atoms with E-state index < -0.39 is 12.0 Å². The van der Waals surface area contributed by atoms with Gasteiger partial charge in [-0.25, -0.2) is 4.79 Å². The van der Waals surface area contributed by atoms with Crippen LogP contribution in [-0.4, -0.2) is 34.5 Å². The molecule has 0 radical (unpaired) electrons. The summed E-state index contributed by atoms with van der Waals surface area (Å²) in [5.74, 6) is -0.330. The van der Waals surface area contributed by atoms with Crippen LogP contribution >= 0.6 is 0 Å². The van der Waals surface area contributed by atoms with Gasteiger partial charge in [0, 0.05) is 13.0 Å². The monoisotopic (exact) mass is 267 g/mol. The van der Waals surface area contributed by atoms with E-state index in [0.29, 0.717) is 18.9 Å². The van der Waals surface area contributed by atoms with E-state index in [1.54, 1.807) is 4.90 Å². The van der Waals surface area contributed by atoms with Gasteiger partial charge >= 0.3 is 5.97 Å². The molecule has 4 heteroatoms. The molecule has 1 amide bonds. The van der Waals surface area contributed by atoms with Crippen LogP contribution in [0.15, 0.2) is 0 Å². The minimum atomic E-state index is -0.857. The zero-order valence-corrected chi connectivity index (χ0v) is 12.0. The molecule has 0 aromatic rings. The Hall–Kier alpha value is -1.06. The van der Waals surface area contributed by atoms with Crippen LogP contribution in [0, 0.1) is 11.3 Å². The average molecular weight is 267 g/mol. The fourth-order valence-corrected chi connectivity index (χ4v) is 3.71. The minimum absolute atomic E-state index is 0.0482. The van der Waals surface area contributed by atoms with Gasteiger partial charge in [-0.2, -0.15) is 0 Å². The number of likely N-dealkylation sites (tertiary alicyclic amines) is 1. The second kappa shape index (κ2) is 5.51. The predicted octanol–water partition coefficient (Wildman–Crippen LogP) is 2.67. The molecular formula is C15H25NO3. The van der Waals surface area contributed by atoms with Gasteiger partial charge in [-0.05, 0) is 37.0 Å². The maximum atomic E-state index is 12.4. The molecule has 0 bridgehead atoms. The summed E-state index contributed by atoms with van der Waals surface area (Å²) in [6, 6.07) is -0.657. The summed E-state index contributed by atoms with van der Waals surface area (Å²) in [6.07, 6.45) is 7.00. The summed E-state index contributed by atoms with van der Waals surface area (Å²) >= 11 is 0. The summed E-state index contributed by atoms with van der Waals surface area (Å²) in [5, 5.41) is 9.46. The molecule has 1 saturated carbocycles. The maximum absolute atomic E-state index is 12.4. The van der Waals surface area contributed by atoms with Gasteiger partial charge in [0.25, 0.3) is 0 Å². The molecule has 0 spiro atoms. The second-order valence-electron chi connectivity index (χ2n) is 6.77. The van der Waals surface area contributed by atoms with Crippen molar-refractivity contribution in [3.63, 3.8) is 0 Å². The molecule has 1 aliphatic heterocycles. The van der Waals surface area contributed by atoms with E-state index in [-0.39, 0.29) is 11.3 Å². The molecule has 1 N–H and O–H groups in total. The SMILES string of the molecule is CC1(C)CCCN(C(=O)CC2CCCC2)C1C(=O)O. The first-order valence-electron chi connectivity index (χ1n) is 7.44. The highest BCUT2D eigenvalue weighted by Crippen LogP contribution is 2.36. The van der Waals surface area contributed by atoms with E-state index in [1.165, 1.54) is 12.8 Å². The number of aliphatic carboxylic acids is 1. The van der Waals surface area contributed by atoms with Crippen molar-refractivity contribution in [3.05, 3.63) is 0 Å². The summed E-state index contributed by atoms with van der Waals surface area (Å²) < 4.78 is 0. The lowest BCUT2D eigenvalue weighted by molar-refractivity contribution is -0.159. The Morgan fingerprint density at radius 3 is 2.42 bits per heavy atom. The quantitative estimate of drug-likeness (QED) is 0.855. The van der Waals surface area contributed by atoms with Crippen molar-refractivity contribution in [2.24, 2.45) is 11.3 Å². The van der Waals surface area contributed by atoms with E-state index in [0.717, 1.165) is 25.7 Å². The predicted molar refractivity (Wildman–Crippen MR) is 72.7 cm³/mol. The summed E-state index contributed by atoms with van der Waals surface area (Å²) in [7, 11) is 0. The number of piperidine rings is 1. The molecule has 108 valence electrons. The van der Waals surface area contributed by atoms with Gasteiger partial charge in [0.05, 0.1) is 0 Å². The Bertz CT molecular complexity index is 358. The molecule has 19 heavy (non-hydrogen) atoms. The van der Waals surface area contributed by atoms with E-state index >= 15 is 0 Å². The third-order valence-electron chi connectivity index (χ3n) is 4.76. The van der Waals surface area contributed by atoms with Crippen LogP contribution in [0.2, 0.25) is 0 Å². The van der Waals surface area contributed by atoms with Crippen molar-refractivity contribution >= 4 is 11.9 Å². The maximum Gasteiger partial charge on any atom is 0.326 e. The Balaban J connectivity index is 2.07. The smallest absolute Gasteiger partial charge is 0.326 e. The first-order valence-corrected chi connectivity index (χ1v) is 7.44. The number of carbonyl (C=O) groups excluding carboxylic acids is 1. The van der Waals surface area contributed by atoms with Gasteiger partial charge in [-0.1, -0.05) is 26.7 Å². The lowest BCUT2D eigenvalue weighted by Gasteiger charge is -2.44. The Morgan fingerprint density at radius 1 is 1.21 bits per heavy atom. The summed E-state index contributed by atoms with van der Waals surface area (Å²) in [6.45, 7) is 4.52. The second-order valence-corrected chi connectivity index (χ2v) is 6.77. The lowest BCUT2D eigenvalue weighted by Crippen LogP contribution is -2.56. The molecule has 2 rings (SSSR count). The molecule has 2 aliphatic rings. The number of hydrogen-bond acceptors (Lipinski definition) is 2. The molecule has 1 aliphatic carbocycles. The van der Waals surface area contributed by atoms with Crippen molar-refractivity contribution in [2.75, 3.05) is 6.54 Å². The van der Waals surface area contributed by atoms with Crippen molar-refractivity contribution in [2.45, 2.75) is 64.8 Å². The van der Waals surface area contributed by atoms with Gasteiger partial charge in [-0.15, -0.1) is 0 Å². The van der Waals surface area contributed by atoms with E-state index in [2.05, 4.69) is 0 Å². The minimum Gasteiger partial charge on any atom is -0.480 e. The third-order valence-corrected chi connectivity index (χ3v) is 4.76. The molecule has 1 atom stereocenters. The highest BCUT2D eigenvalue weighted by Gasteiger charge is 2.44. The van der Waals surface area contributed by atoms with Crippen LogP contribution in [0.4, 0.5) is 0 Å². The lowest BCUT2D eigenvalue weighted by atomic mass is 9.76. The number of rotatable bonds is 3. The number of carboxylic acid groups (broad SMARTS) is 1. The van der Waals surface area contributed by atoms with Gasteiger partial charge < -0.3 is 10.0 Å². The van der Waals surface area contributed by atoms with Crippen LogP contribution in [0.3, 0.4) is 0 Å². The molecule has 2 fully saturated rings. The Morgan fingerprint density at radius 2 is 1.84 bits per heavy atom. The third kappa shape index (κ3) is 3.10. The summed E-state index contributed by atoms with van der Waals surface area (Å²) in [4.78, 5) is 25.6.